The molecule has 1 aromatic heterocycles. The van der Waals surface area contributed by atoms with E-state index in [-0.39, 0.29) is 17.5 Å². The zero-order chi connectivity index (χ0) is 14.0. The summed E-state index contributed by atoms with van der Waals surface area (Å²) in [5.74, 6) is 0.197. The second-order valence-electron chi connectivity index (χ2n) is 5.10. The lowest BCUT2D eigenvalue weighted by atomic mass is 9.99. The van der Waals surface area contributed by atoms with Crippen molar-refractivity contribution in [3.8, 4) is 0 Å². The third-order valence-corrected chi connectivity index (χ3v) is 3.32. The number of fused-ring (bicyclic) bond motifs is 1. The van der Waals surface area contributed by atoms with Crippen molar-refractivity contribution in [1.82, 2.24) is 14.9 Å². The van der Waals surface area contributed by atoms with Crippen LogP contribution in [0.2, 0.25) is 0 Å². The number of Topliss-reactive ketones (excluding diaryl/α,β-unsaturated/α-hetero) is 1. The summed E-state index contributed by atoms with van der Waals surface area (Å²) in [5, 5.41) is 0. The van der Waals surface area contributed by atoms with Gasteiger partial charge in [-0.25, -0.2) is 4.79 Å². The number of carbonyl (C=O) groups excluding carboxylic acids is 1. The fourth-order valence-electron chi connectivity index (χ4n) is 2.32. The van der Waals surface area contributed by atoms with Crippen molar-refractivity contribution in [2.24, 2.45) is 0 Å². The van der Waals surface area contributed by atoms with E-state index < -0.39 is 0 Å². The predicted octanol–water partition coefficient (Wildman–Crippen LogP) is 1.83. The topological polar surface area (TPSA) is 69.0 Å². The minimum absolute atomic E-state index is 0.173. The Morgan fingerprint density at radius 3 is 2.58 bits per heavy atom. The predicted molar refractivity (Wildman–Crippen MR) is 75.3 cm³/mol. The number of hydrogen-bond acceptors (Lipinski definition) is 3. The smallest absolute Gasteiger partial charge is 0.306 e. The van der Waals surface area contributed by atoms with Gasteiger partial charge in [0.1, 0.15) is 5.78 Å². The lowest BCUT2D eigenvalue weighted by molar-refractivity contribution is -0.117. The van der Waals surface area contributed by atoms with E-state index in [1.165, 1.54) is 0 Å². The molecule has 1 aromatic carbocycles. The van der Waals surface area contributed by atoms with Gasteiger partial charge < -0.3 is 19.7 Å². The summed E-state index contributed by atoms with van der Waals surface area (Å²) in [6, 6.07) is 6.04. The van der Waals surface area contributed by atoms with Gasteiger partial charge in [0, 0.05) is 12.5 Å². The molecule has 1 unspecified atom stereocenters. The van der Waals surface area contributed by atoms with E-state index in [4.69, 9.17) is 0 Å². The van der Waals surface area contributed by atoms with Crippen LogP contribution in [0, 0.1) is 0 Å². The Bertz CT molecular complexity index is 639. The summed E-state index contributed by atoms with van der Waals surface area (Å²) < 4.78 is 0. The van der Waals surface area contributed by atoms with E-state index in [9.17, 15) is 9.59 Å². The number of benzene rings is 1. The molecule has 102 valence electrons. The number of ketones is 1. The summed E-state index contributed by atoms with van der Waals surface area (Å²) in [7, 11) is 3.99. The van der Waals surface area contributed by atoms with Crippen LogP contribution < -0.4 is 5.69 Å². The molecule has 0 aliphatic carbocycles. The van der Waals surface area contributed by atoms with Gasteiger partial charge in [-0.1, -0.05) is 6.07 Å². The fraction of sp³-hybridized carbons (Fsp3) is 0.429. The van der Waals surface area contributed by atoms with Gasteiger partial charge in [-0.05, 0) is 45.1 Å². The molecular formula is C14H19N3O2. The van der Waals surface area contributed by atoms with E-state index in [0.717, 1.165) is 23.0 Å². The average Bonchev–Trinajstić information content (AvgIpc) is 2.67. The zero-order valence-corrected chi connectivity index (χ0v) is 11.5. The summed E-state index contributed by atoms with van der Waals surface area (Å²) in [5.41, 5.74) is 2.52. The van der Waals surface area contributed by atoms with Crippen molar-refractivity contribution in [2.75, 3.05) is 14.1 Å². The fourth-order valence-corrected chi connectivity index (χ4v) is 2.32. The van der Waals surface area contributed by atoms with Gasteiger partial charge in [-0.15, -0.1) is 0 Å². The first-order valence-electron chi connectivity index (χ1n) is 6.35. The SMILES string of the molecule is CC(=O)CCC(c1ccc2[nH]c(=O)[nH]c2c1)N(C)C. The van der Waals surface area contributed by atoms with Crippen molar-refractivity contribution < 1.29 is 4.79 Å². The summed E-state index contributed by atoms with van der Waals surface area (Å²) >= 11 is 0. The van der Waals surface area contributed by atoms with Crippen LogP contribution in [0.15, 0.2) is 23.0 Å². The molecule has 5 nitrogen and oxygen atoms in total. The number of hydrogen-bond donors (Lipinski definition) is 2. The highest BCUT2D eigenvalue weighted by Crippen LogP contribution is 2.25. The van der Waals surface area contributed by atoms with Gasteiger partial charge >= 0.3 is 5.69 Å². The number of rotatable bonds is 5. The molecule has 5 heteroatoms. The zero-order valence-electron chi connectivity index (χ0n) is 11.5. The highest BCUT2D eigenvalue weighted by molar-refractivity contribution is 5.76. The van der Waals surface area contributed by atoms with Gasteiger partial charge in [-0.2, -0.15) is 0 Å². The molecule has 2 N–H and O–H groups in total. The van der Waals surface area contributed by atoms with Crippen LogP contribution in [0.1, 0.15) is 31.4 Å². The number of imidazole rings is 1. The van der Waals surface area contributed by atoms with E-state index in [1.807, 2.05) is 32.3 Å². The van der Waals surface area contributed by atoms with Gasteiger partial charge in [0.15, 0.2) is 0 Å². The molecule has 0 aliphatic heterocycles. The third-order valence-electron chi connectivity index (χ3n) is 3.32. The van der Waals surface area contributed by atoms with Gasteiger partial charge in [0.05, 0.1) is 11.0 Å². The Balaban J connectivity index is 2.32. The Labute approximate surface area is 111 Å². The lowest BCUT2D eigenvalue weighted by Crippen LogP contribution is -2.20. The van der Waals surface area contributed by atoms with Crippen molar-refractivity contribution in [2.45, 2.75) is 25.8 Å². The largest absolute Gasteiger partial charge is 0.323 e. The molecule has 0 aliphatic rings. The Kier molecular flexibility index (Phi) is 3.85. The highest BCUT2D eigenvalue weighted by Gasteiger charge is 2.15. The molecule has 0 saturated carbocycles. The monoisotopic (exact) mass is 261 g/mol. The maximum atomic E-state index is 11.3. The van der Waals surface area contributed by atoms with Crippen molar-refractivity contribution >= 4 is 16.8 Å². The highest BCUT2D eigenvalue weighted by atomic mass is 16.1. The number of nitrogens with one attached hydrogen (secondary N) is 2. The summed E-state index contributed by atoms with van der Waals surface area (Å²) in [6.07, 6.45) is 1.34. The molecule has 0 saturated heterocycles. The molecule has 0 spiro atoms. The van der Waals surface area contributed by atoms with Gasteiger partial charge in [-0.3, -0.25) is 0 Å². The summed E-state index contributed by atoms with van der Waals surface area (Å²) in [4.78, 5) is 30.0. The van der Waals surface area contributed by atoms with E-state index in [0.29, 0.717) is 6.42 Å². The normalized spacial score (nSPS) is 13.1. The van der Waals surface area contributed by atoms with Crippen molar-refractivity contribution in [1.29, 1.82) is 0 Å². The second kappa shape index (κ2) is 5.40. The summed E-state index contributed by atoms with van der Waals surface area (Å²) in [6.45, 7) is 1.61. The minimum atomic E-state index is -0.197. The maximum Gasteiger partial charge on any atom is 0.323 e. The lowest BCUT2D eigenvalue weighted by Gasteiger charge is -2.24. The van der Waals surface area contributed by atoms with E-state index >= 15 is 0 Å². The van der Waals surface area contributed by atoms with Crippen LogP contribution in [0.4, 0.5) is 0 Å². The first-order chi connectivity index (χ1) is 8.97. The van der Waals surface area contributed by atoms with Crippen LogP contribution in [-0.4, -0.2) is 34.7 Å². The first kappa shape index (κ1) is 13.5. The minimum Gasteiger partial charge on any atom is -0.306 e. The molecule has 0 amide bonds. The average molecular weight is 261 g/mol. The maximum absolute atomic E-state index is 11.3. The Morgan fingerprint density at radius 2 is 1.95 bits per heavy atom. The molecule has 19 heavy (non-hydrogen) atoms. The van der Waals surface area contributed by atoms with Crippen LogP contribution in [0.3, 0.4) is 0 Å². The second-order valence-corrected chi connectivity index (χ2v) is 5.10. The van der Waals surface area contributed by atoms with E-state index in [1.54, 1.807) is 6.92 Å². The number of aromatic nitrogens is 2. The van der Waals surface area contributed by atoms with Gasteiger partial charge in [0.2, 0.25) is 0 Å². The van der Waals surface area contributed by atoms with Gasteiger partial charge in [0.25, 0.3) is 0 Å². The number of aromatic amines is 2. The standard InChI is InChI=1S/C14H19N3O2/c1-9(18)4-7-13(17(2)3)10-5-6-11-12(8-10)16-14(19)15-11/h5-6,8,13H,4,7H2,1-3H3,(H2,15,16,19). The first-order valence-corrected chi connectivity index (χ1v) is 6.35. The van der Waals surface area contributed by atoms with E-state index in [2.05, 4.69) is 14.9 Å². The van der Waals surface area contributed by atoms with Crippen molar-refractivity contribution in [3.05, 3.63) is 34.2 Å². The molecule has 0 bridgehead atoms. The van der Waals surface area contributed by atoms with Crippen molar-refractivity contribution in [3.63, 3.8) is 0 Å². The number of H-pyrrole nitrogens is 2. The van der Waals surface area contributed by atoms with Crippen LogP contribution in [0.25, 0.3) is 11.0 Å². The Morgan fingerprint density at radius 1 is 1.26 bits per heavy atom. The molecular weight excluding hydrogens is 242 g/mol. The quantitative estimate of drug-likeness (QED) is 0.862. The molecule has 0 fully saturated rings. The molecule has 1 atom stereocenters. The molecule has 0 radical (unpaired) electrons. The molecule has 2 aromatic rings. The van der Waals surface area contributed by atoms with Crippen LogP contribution >= 0.6 is 0 Å². The third kappa shape index (κ3) is 3.12. The molecule has 1 heterocycles. The Hall–Kier alpha value is -1.88. The van der Waals surface area contributed by atoms with Crippen LogP contribution in [-0.2, 0) is 4.79 Å². The number of nitrogens with zero attached hydrogens (tertiary/aromatic N) is 1. The van der Waals surface area contributed by atoms with Crippen LogP contribution in [0.5, 0.6) is 0 Å². The number of carbonyl (C=O) groups is 1. The molecule has 2 rings (SSSR count).